The van der Waals surface area contributed by atoms with Crippen LogP contribution in [0.1, 0.15) is 23.5 Å². The Morgan fingerprint density at radius 2 is 2.33 bits per heavy atom. The number of nitrogens with one attached hydrogen (secondary N) is 1. The molecule has 5 heteroatoms. The van der Waals surface area contributed by atoms with Crippen molar-refractivity contribution in [3.8, 4) is 0 Å². The molecule has 1 atom stereocenters. The molecule has 0 bridgehead atoms. The zero-order valence-electron chi connectivity index (χ0n) is 10.3. The number of thiophene rings is 1. The summed E-state index contributed by atoms with van der Waals surface area (Å²) in [4.78, 5) is 5.70. The standard InChI is InChI=1S/C13H14N4S/c1-9-8-11-13(14-5-6-17(11)16-9)15-10(2)12-4-3-7-18-12/h3-8,10H,1-2H3,(H,14,15). The minimum atomic E-state index is 0.249. The lowest BCUT2D eigenvalue weighted by Crippen LogP contribution is -2.07. The monoisotopic (exact) mass is 258 g/mol. The third-order valence-corrected chi connectivity index (χ3v) is 3.89. The average molecular weight is 258 g/mol. The predicted octanol–water partition coefficient (Wildman–Crippen LogP) is 3.27. The summed E-state index contributed by atoms with van der Waals surface area (Å²) in [5.41, 5.74) is 2.01. The van der Waals surface area contributed by atoms with Gasteiger partial charge in [-0.25, -0.2) is 9.50 Å². The molecule has 3 aromatic rings. The molecule has 0 aliphatic rings. The molecule has 4 nitrogen and oxygen atoms in total. The number of aryl methyl sites for hydroxylation is 1. The van der Waals surface area contributed by atoms with Crippen LogP contribution in [-0.4, -0.2) is 14.6 Å². The summed E-state index contributed by atoms with van der Waals surface area (Å²) in [6.45, 7) is 4.12. The molecule has 0 aliphatic carbocycles. The van der Waals surface area contributed by atoms with Crippen LogP contribution in [0.15, 0.2) is 36.0 Å². The largest absolute Gasteiger partial charge is 0.361 e. The van der Waals surface area contributed by atoms with E-state index in [0.717, 1.165) is 17.0 Å². The van der Waals surface area contributed by atoms with Crippen LogP contribution < -0.4 is 5.32 Å². The van der Waals surface area contributed by atoms with E-state index in [1.54, 1.807) is 17.5 Å². The molecule has 0 saturated heterocycles. The SMILES string of the molecule is Cc1cc2c(NC(C)c3cccs3)nccn2n1. The van der Waals surface area contributed by atoms with Crippen LogP contribution in [0.2, 0.25) is 0 Å². The molecule has 1 unspecified atom stereocenters. The van der Waals surface area contributed by atoms with Gasteiger partial charge in [0.05, 0.1) is 11.7 Å². The average Bonchev–Trinajstić information content (AvgIpc) is 2.96. The summed E-state index contributed by atoms with van der Waals surface area (Å²) < 4.78 is 1.85. The molecule has 3 heterocycles. The second-order valence-electron chi connectivity index (χ2n) is 4.27. The van der Waals surface area contributed by atoms with E-state index in [0.29, 0.717) is 0 Å². The number of nitrogens with zero attached hydrogens (tertiary/aromatic N) is 3. The van der Waals surface area contributed by atoms with Crippen LogP contribution in [0, 0.1) is 6.92 Å². The first-order valence-corrected chi connectivity index (χ1v) is 6.73. The Hall–Kier alpha value is -1.88. The van der Waals surface area contributed by atoms with E-state index in [1.165, 1.54) is 4.88 Å². The van der Waals surface area contributed by atoms with Crippen molar-refractivity contribution in [1.29, 1.82) is 0 Å². The normalized spacial score (nSPS) is 12.8. The Kier molecular flexibility index (Phi) is 2.76. The molecule has 0 radical (unpaired) electrons. The molecule has 92 valence electrons. The second-order valence-corrected chi connectivity index (χ2v) is 5.25. The molecular formula is C13H14N4S. The summed E-state index contributed by atoms with van der Waals surface area (Å²) in [6, 6.07) is 6.48. The number of rotatable bonds is 3. The molecule has 0 aliphatic heterocycles. The lowest BCUT2D eigenvalue weighted by molar-refractivity contribution is 0.880. The maximum absolute atomic E-state index is 4.40. The Morgan fingerprint density at radius 1 is 1.44 bits per heavy atom. The van der Waals surface area contributed by atoms with Crippen LogP contribution in [0.4, 0.5) is 5.82 Å². The van der Waals surface area contributed by atoms with Gasteiger partial charge in [0, 0.05) is 17.3 Å². The number of anilines is 1. The smallest absolute Gasteiger partial charge is 0.152 e. The fourth-order valence-corrected chi connectivity index (χ4v) is 2.70. The van der Waals surface area contributed by atoms with Crippen molar-refractivity contribution in [3.05, 3.63) is 46.5 Å². The molecule has 3 aromatic heterocycles. The van der Waals surface area contributed by atoms with E-state index < -0.39 is 0 Å². The summed E-state index contributed by atoms with van der Waals surface area (Å²) in [5, 5.41) is 9.91. The summed E-state index contributed by atoms with van der Waals surface area (Å²) in [5.74, 6) is 0.874. The fourth-order valence-electron chi connectivity index (χ4n) is 1.97. The quantitative estimate of drug-likeness (QED) is 0.784. The van der Waals surface area contributed by atoms with Crippen molar-refractivity contribution in [2.24, 2.45) is 0 Å². The van der Waals surface area contributed by atoms with E-state index in [2.05, 4.69) is 39.8 Å². The van der Waals surface area contributed by atoms with Crippen LogP contribution in [-0.2, 0) is 0 Å². The van der Waals surface area contributed by atoms with Gasteiger partial charge in [-0.2, -0.15) is 5.10 Å². The van der Waals surface area contributed by atoms with Crippen LogP contribution in [0.5, 0.6) is 0 Å². The van der Waals surface area contributed by atoms with E-state index in [4.69, 9.17) is 0 Å². The van der Waals surface area contributed by atoms with E-state index in [-0.39, 0.29) is 6.04 Å². The van der Waals surface area contributed by atoms with Gasteiger partial charge in [-0.05, 0) is 31.4 Å². The third-order valence-electron chi connectivity index (χ3n) is 2.84. The topological polar surface area (TPSA) is 42.2 Å². The van der Waals surface area contributed by atoms with Gasteiger partial charge >= 0.3 is 0 Å². The Morgan fingerprint density at radius 3 is 3.11 bits per heavy atom. The highest BCUT2D eigenvalue weighted by Gasteiger charge is 2.10. The van der Waals surface area contributed by atoms with Gasteiger partial charge in [0.1, 0.15) is 5.52 Å². The zero-order valence-corrected chi connectivity index (χ0v) is 11.1. The first-order valence-electron chi connectivity index (χ1n) is 5.85. The molecule has 1 N–H and O–H groups in total. The van der Waals surface area contributed by atoms with E-state index >= 15 is 0 Å². The van der Waals surface area contributed by atoms with Crippen molar-refractivity contribution < 1.29 is 0 Å². The van der Waals surface area contributed by atoms with Crippen LogP contribution >= 0.6 is 11.3 Å². The second kappa shape index (κ2) is 4.42. The lowest BCUT2D eigenvalue weighted by Gasteiger charge is -2.13. The minimum Gasteiger partial charge on any atom is -0.361 e. The van der Waals surface area contributed by atoms with Gasteiger partial charge in [0.15, 0.2) is 5.82 Å². The molecule has 0 spiro atoms. The molecule has 18 heavy (non-hydrogen) atoms. The van der Waals surface area contributed by atoms with Crippen molar-refractivity contribution >= 4 is 22.7 Å². The van der Waals surface area contributed by atoms with Gasteiger partial charge < -0.3 is 5.32 Å². The zero-order chi connectivity index (χ0) is 12.5. The molecule has 0 aromatic carbocycles. The maximum atomic E-state index is 4.40. The lowest BCUT2D eigenvalue weighted by atomic mass is 10.2. The Balaban J connectivity index is 1.95. The van der Waals surface area contributed by atoms with Gasteiger partial charge in [-0.15, -0.1) is 11.3 Å². The minimum absolute atomic E-state index is 0.249. The first kappa shape index (κ1) is 11.2. The highest BCUT2D eigenvalue weighted by atomic mass is 32.1. The Bertz CT molecular complexity index is 657. The predicted molar refractivity (Wildman–Crippen MR) is 74.1 cm³/mol. The van der Waals surface area contributed by atoms with Gasteiger partial charge in [0.2, 0.25) is 0 Å². The van der Waals surface area contributed by atoms with E-state index in [1.807, 2.05) is 23.7 Å². The first-order chi connectivity index (χ1) is 8.74. The van der Waals surface area contributed by atoms with Gasteiger partial charge in [0.25, 0.3) is 0 Å². The number of fused-ring (bicyclic) bond motifs is 1. The van der Waals surface area contributed by atoms with Gasteiger partial charge in [-0.3, -0.25) is 0 Å². The van der Waals surface area contributed by atoms with Crippen LogP contribution in [0.25, 0.3) is 5.52 Å². The molecule has 0 saturated carbocycles. The maximum Gasteiger partial charge on any atom is 0.152 e. The third kappa shape index (κ3) is 1.97. The molecule has 3 rings (SSSR count). The number of hydrogen-bond acceptors (Lipinski definition) is 4. The highest BCUT2D eigenvalue weighted by Crippen LogP contribution is 2.24. The summed E-state index contributed by atoms with van der Waals surface area (Å²) in [6.07, 6.45) is 3.63. The van der Waals surface area contributed by atoms with Crippen molar-refractivity contribution in [1.82, 2.24) is 14.6 Å². The Labute approximate surface area is 109 Å². The summed E-state index contributed by atoms with van der Waals surface area (Å²) >= 11 is 1.75. The highest BCUT2D eigenvalue weighted by molar-refractivity contribution is 7.10. The van der Waals surface area contributed by atoms with Crippen molar-refractivity contribution in [2.75, 3.05) is 5.32 Å². The number of aromatic nitrogens is 3. The van der Waals surface area contributed by atoms with Crippen LogP contribution in [0.3, 0.4) is 0 Å². The van der Waals surface area contributed by atoms with Gasteiger partial charge in [-0.1, -0.05) is 6.07 Å². The summed E-state index contributed by atoms with van der Waals surface area (Å²) in [7, 11) is 0. The molecular weight excluding hydrogens is 244 g/mol. The fraction of sp³-hybridized carbons (Fsp3) is 0.231. The number of hydrogen-bond donors (Lipinski definition) is 1. The van der Waals surface area contributed by atoms with Crippen molar-refractivity contribution in [3.63, 3.8) is 0 Å². The molecule has 0 amide bonds. The van der Waals surface area contributed by atoms with Crippen molar-refractivity contribution in [2.45, 2.75) is 19.9 Å². The van der Waals surface area contributed by atoms with E-state index in [9.17, 15) is 0 Å². The molecule has 0 fully saturated rings.